The summed E-state index contributed by atoms with van der Waals surface area (Å²) < 4.78 is 11.8. The molecule has 1 aromatic heterocycles. The van der Waals surface area contributed by atoms with Crippen LogP contribution in [0.5, 0.6) is 5.88 Å². The number of rotatable bonds is 11. The number of aryl methyl sites for hydroxylation is 5. The van der Waals surface area contributed by atoms with Crippen LogP contribution in [0.3, 0.4) is 0 Å². The zero-order valence-electron chi connectivity index (χ0n) is 21.3. The van der Waals surface area contributed by atoms with Gasteiger partial charge in [-0.2, -0.15) is 0 Å². The van der Waals surface area contributed by atoms with E-state index in [9.17, 15) is 4.79 Å². The lowest BCUT2D eigenvalue weighted by Gasteiger charge is -2.22. The van der Waals surface area contributed by atoms with Crippen LogP contribution in [0.25, 0.3) is 0 Å². The quantitative estimate of drug-likeness (QED) is 0.363. The van der Waals surface area contributed by atoms with E-state index in [4.69, 9.17) is 9.47 Å². The van der Waals surface area contributed by atoms with E-state index in [0.717, 1.165) is 69.2 Å². The molecule has 3 aromatic rings. The van der Waals surface area contributed by atoms with Gasteiger partial charge in [-0.1, -0.05) is 67.4 Å². The first kappa shape index (κ1) is 25.2. The first-order valence-corrected chi connectivity index (χ1v) is 13.2. The molecule has 4 rings (SSSR count). The predicted molar refractivity (Wildman–Crippen MR) is 143 cm³/mol. The molecule has 35 heavy (non-hydrogen) atoms. The molecule has 1 atom stereocenters. The van der Waals surface area contributed by atoms with Gasteiger partial charge in [-0.15, -0.1) is 0 Å². The van der Waals surface area contributed by atoms with Gasteiger partial charge >= 0.3 is 0 Å². The maximum Gasteiger partial charge on any atom is 0.194 e. The highest BCUT2D eigenvalue weighted by atomic mass is 16.5. The highest BCUT2D eigenvalue weighted by Gasteiger charge is 2.16. The fourth-order valence-corrected chi connectivity index (χ4v) is 4.76. The Morgan fingerprint density at radius 2 is 1.54 bits per heavy atom. The first-order chi connectivity index (χ1) is 17.1. The molecule has 4 nitrogen and oxygen atoms in total. The fourth-order valence-electron chi connectivity index (χ4n) is 4.76. The van der Waals surface area contributed by atoms with Gasteiger partial charge in [0.2, 0.25) is 0 Å². The van der Waals surface area contributed by atoms with Crippen LogP contribution in [0.15, 0.2) is 59.4 Å². The molecule has 0 aliphatic carbocycles. The Labute approximate surface area is 209 Å². The van der Waals surface area contributed by atoms with Gasteiger partial charge in [0.25, 0.3) is 0 Å². The monoisotopic (exact) mass is 473 g/mol. The van der Waals surface area contributed by atoms with E-state index in [1.165, 1.54) is 28.7 Å². The summed E-state index contributed by atoms with van der Waals surface area (Å²) in [5, 5.41) is 0. The van der Waals surface area contributed by atoms with Gasteiger partial charge < -0.3 is 14.5 Å². The van der Waals surface area contributed by atoms with Gasteiger partial charge in [0.1, 0.15) is 6.61 Å². The van der Waals surface area contributed by atoms with E-state index in [1.807, 2.05) is 0 Å². The zero-order valence-corrected chi connectivity index (χ0v) is 21.3. The highest BCUT2D eigenvalue weighted by Crippen LogP contribution is 2.18. The third-order valence-electron chi connectivity index (χ3n) is 6.91. The van der Waals surface area contributed by atoms with Crippen LogP contribution in [-0.2, 0) is 36.8 Å². The van der Waals surface area contributed by atoms with Crippen molar-refractivity contribution in [1.82, 2.24) is 4.98 Å². The van der Waals surface area contributed by atoms with Gasteiger partial charge in [-0.3, -0.25) is 4.79 Å². The van der Waals surface area contributed by atoms with Crippen molar-refractivity contribution in [3.8, 4) is 5.88 Å². The molecule has 1 unspecified atom stereocenters. The Morgan fingerprint density at radius 1 is 0.886 bits per heavy atom. The SMILES string of the molecule is CCCc1ccc(CCc2[nH]c(OCC3CCCCO3)cc(=O)c2CCc2ccc(C)cc2)cc1. The zero-order chi connectivity index (χ0) is 24.5. The van der Waals surface area contributed by atoms with Crippen LogP contribution >= 0.6 is 0 Å². The number of pyridine rings is 1. The van der Waals surface area contributed by atoms with Crippen LogP contribution in [0, 0.1) is 6.92 Å². The maximum absolute atomic E-state index is 13.2. The van der Waals surface area contributed by atoms with E-state index in [1.54, 1.807) is 6.07 Å². The molecule has 0 spiro atoms. The van der Waals surface area contributed by atoms with Crippen LogP contribution < -0.4 is 10.2 Å². The molecule has 1 aliphatic rings. The summed E-state index contributed by atoms with van der Waals surface area (Å²) in [7, 11) is 0. The van der Waals surface area contributed by atoms with Crippen LogP contribution in [0.2, 0.25) is 0 Å². The smallest absolute Gasteiger partial charge is 0.194 e. The van der Waals surface area contributed by atoms with E-state index in [0.29, 0.717) is 12.5 Å². The third-order valence-corrected chi connectivity index (χ3v) is 6.91. The molecule has 186 valence electrons. The lowest BCUT2D eigenvalue weighted by atomic mass is 9.98. The summed E-state index contributed by atoms with van der Waals surface area (Å²) >= 11 is 0. The number of nitrogens with one attached hydrogen (secondary N) is 1. The summed E-state index contributed by atoms with van der Waals surface area (Å²) in [4.78, 5) is 16.6. The average Bonchev–Trinajstić information content (AvgIpc) is 2.88. The van der Waals surface area contributed by atoms with Gasteiger partial charge in [-0.05, 0) is 75.0 Å². The van der Waals surface area contributed by atoms with Crippen molar-refractivity contribution in [2.24, 2.45) is 0 Å². The second-order valence-electron chi connectivity index (χ2n) is 9.81. The number of hydrogen-bond donors (Lipinski definition) is 1. The minimum Gasteiger partial charge on any atom is -0.476 e. The molecular formula is C31H39NO3. The maximum atomic E-state index is 13.2. The Kier molecular flexibility index (Phi) is 9.19. The summed E-state index contributed by atoms with van der Waals surface area (Å²) in [5.74, 6) is 0.552. The number of aromatic nitrogens is 1. The molecular weight excluding hydrogens is 434 g/mol. The summed E-state index contributed by atoms with van der Waals surface area (Å²) in [5.41, 5.74) is 7.09. The molecule has 0 bridgehead atoms. The standard InChI is InChI=1S/C31H39NO3/c1-3-6-24-12-14-26(15-13-24)17-19-29-28(18-16-25-10-8-23(2)9-11-25)30(33)21-31(32-29)35-22-27-7-4-5-20-34-27/h8-15,21,27H,3-7,16-20,22H2,1-2H3,(H,32,33). The molecule has 4 heteroatoms. The van der Waals surface area contributed by atoms with E-state index in [-0.39, 0.29) is 11.5 Å². The molecule has 2 aromatic carbocycles. The van der Waals surface area contributed by atoms with Crippen molar-refractivity contribution in [3.05, 3.63) is 98.3 Å². The molecule has 0 amide bonds. The molecule has 1 fully saturated rings. The number of benzene rings is 2. The van der Waals surface area contributed by atoms with Gasteiger partial charge in [-0.25, -0.2) is 0 Å². The second kappa shape index (κ2) is 12.7. The average molecular weight is 474 g/mol. The lowest BCUT2D eigenvalue weighted by Crippen LogP contribution is -2.26. The summed E-state index contributed by atoms with van der Waals surface area (Å²) in [6.45, 7) is 5.58. The van der Waals surface area contributed by atoms with Crippen molar-refractivity contribution >= 4 is 0 Å². The van der Waals surface area contributed by atoms with Crippen LogP contribution in [0.4, 0.5) is 0 Å². The predicted octanol–water partition coefficient (Wildman–Crippen LogP) is 6.15. The Hall–Kier alpha value is -2.85. The molecule has 0 saturated carbocycles. The Bertz CT molecular complexity index is 1110. The lowest BCUT2D eigenvalue weighted by molar-refractivity contribution is -0.0120. The molecule has 2 heterocycles. The number of ether oxygens (including phenoxy) is 2. The summed E-state index contributed by atoms with van der Waals surface area (Å²) in [6.07, 6.45) is 8.91. The van der Waals surface area contributed by atoms with Crippen LogP contribution in [0.1, 0.15) is 66.1 Å². The normalized spacial score (nSPS) is 15.8. The first-order valence-electron chi connectivity index (χ1n) is 13.2. The molecule has 0 radical (unpaired) electrons. The third kappa shape index (κ3) is 7.57. The highest BCUT2D eigenvalue weighted by molar-refractivity contribution is 5.30. The minimum atomic E-state index is 0.0590. The van der Waals surface area contributed by atoms with Crippen molar-refractivity contribution in [2.45, 2.75) is 77.7 Å². The van der Waals surface area contributed by atoms with E-state index < -0.39 is 0 Å². The Balaban J connectivity index is 1.49. The van der Waals surface area contributed by atoms with Crippen molar-refractivity contribution in [2.75, 3.05) is 13.2 Å². The van der Waals surface area contributed by atoms with Crippen molar-refractivity contribution < 1.29 is 9.47 Å². The van der Waals surface area contributed by atoms with Crippen LogP contribution in [-0.4, -0.2) is 24.3 Å². The van der Waals surface area contributed by atoms with Gasteiger partial charge in [0.15, 0.2) is 11.3 Å². The molecule has 1 aliphatic heterocycles. The number of hydrogen-bond acceptors (Lipinski definition) is 3. The van der Waals surface area contributed by atoms with Crippen molar-refractivity contribution in [3.63, 3.8) is 0 Å². The largest absolute Gasteiger partial charge is 0.476 e. The van der Waals surface area contributed by atoms with Gasteiger partial charge in [0, 0.05) is 23.9 Å². The summed E-state index contributed by atoms with van der Waals surface area (Å²) in [6, 6.07) is 19.1. The van der Waals surface area contributed by atoms with E-state index in [2.05, 4.69) is 67.4 Å². The fraction of sp³-hybridized carbons (Fsp3) is 0.452. The number of H-pyrrole nitrogens is 1. The minimum absolute atomic E-state index is 0.0590. The van der Waals surface area contributed by atoms with Gasteiger partial charge in [0.05, 0.1) is 6.10 Å². The molecule has 1 N–H and O–H groups in total. The van der Waals surface area contributed by atoms with Crippen molar-refractivity contribution in [1.29, 1.82) is 0 Å². The topological polar surface area (TPSA) is 51.3 Å². The molecule has 1 saturated heterocycles. The second-order valence-corrected chi connectivity index (χ2v) is 9.81. The Morgan fingerprint density at radius 3 is 2.20 bits per heavy atom. The van der Waals surface area contributed by atoms with E-state index >= 15 is 0 Å². The number of aromatic amines is 1.